The second kappa shape index (κ2) is 47.1. The van der Waals surface area contributed by atoms with Crippen molar-refractivity contribution in [3.63, 3.8) is 0 Å². The van der Waals surface area contributed by atoms with Crippen LogP contribution in [0.5, 0.6) is 0 Å². The molecule has 0 aliphatic carbocycles. The molecule has 0 amide bonds. The van der Waals surface area contributed by atoms with Crippen molar-refractivity contribution in [2.24, 2.45) is 0 Å². The first-order valence-corrected chi connectivity index (χ1v) is 28.6. The number of hydrogen-bond acceptors (Lipinski definition) is 13. The second-order valence-corrected chi connectivity index (χ2v) is 20.1. The molecule has 0 heterocycles. The van der Waals surface area contributed by atoms with Crippen LogP contribution in [-0.4, -0.2) is 95.0 Å². The molecule has 396 valence electrons. The standard InChI is InChI=1S/C51H92O15P2/c1-3-5-7-9-11-13-15-17-19-21-22-24-26-28-30-32-34-36-38-40-51(56)62-42-48(53)44-64-68(59,60)66-46-49(54)45-65-67(57,58)63-43-47(52)41-61-50(55)39-37-35-33-31-29-27-25-23-20-18-16-14-12-10-8-6-4-2/h12,14,17-20,25,27,31,33,47-49,52-54H,3-11,13,15-16,21-24,26,28-30,32,34-46H2,1-2H3,(H,57,58)(H,59,60)/b14-12-,19-17+,20-18-,27-25-,33-31-. The van der Waals surface area contributed by atoms with Crippen LogP contribution in [0.1, 0.15) is 194 Å². The highest BCUT2D eigenvalue weighted by molar-refractivity contribution is 7.47. The van der Waals surface area contributed by atoms with E-state index in [0.29, 0.717) is 19.3 Å². The SMILES string of the molecule is CCCCC/C=C\C/C=C\C/C=C\C/C=C\CCCC(=O)OCC(O)COP(=O)(O)OCC(O)COP(=O)(O)OCC(O)COC(=O)CCCCCCCCCCC/C=C/CCCCCCCC. The lowest BCUT2D eigenvalue weighted by Crippen LogP contribution is -2.25. The van der Waals surface area contributed by atoms with Crippen LogP contribution >= 0.6 is 15.6 Å². The highest BCUT2D eigenvalue weighted by Crippen LogP contribution is 2.45. The second-order valence-electron chi connectivity index (χ2n) is 17.2. The molecule has 0 aromatic carbocycles. The number of esters is 2. The number of carbonyl (C=O) groups excluding carboxylic acids is 2. The summed E-state index contributed by atoms with van der Waals surface area (Å²) in [6.45, 7) is 0.330. The zero-order chi connectivity index (χ0) is 50.2. The van der Waals surface area contributed by atoms with Crippen LogP contribution in [0.2, 0.25) is 0 Å². The van der Waals surface area contributed by atoms with Crippen molar-refractivity contribution in [2.75, 3.05) is 39.6 Å². The number of ether oxygens (including phenoxy) is 2. The lowest BCUT2D eigenvalue weighted by Gasteiger charge is -2.19. The highest BCUT2D eigenvalue weighted by atomic mass is 31.2. The number of allylic oxidation sites excluding steroid dienone is 10. The van der Waals surface area contributed by atoms with E-state index < -0.39 is 85.5 Å². The molecule has 0 radical (unpaired) electrons. The van der Waals surface area contributed by atoms with Crippen molar-refractivity contribution in [3.8, 4) is 0 Å². The molecule has 0 aliphatic heterocycles. The number of phosphoric acid groups is 2. The third-order valence-electron chi connectivity index (χ3n) is 10.4. The van der Waals surface area contributed by atoms with Gasteiger partial charge in [0.15, 0.2) is 0 Å². The number of aliphatic hydroxyl groups is 3. The molecular weight excluding hydrogens is 914 g/mol. The Labute approximate surface area is 410 Å². The van der Waals surface area contributed by atoms with Crippen molar-refractivity contribution in [1.82, 2.24) is 0 Å². The van der Waals surface area contributed by atoms with Crippen LogP contribution in [0.25, 0.3) is 0 Å². The predicted molar refractivity (Wildman–Crippen MR) is 270 cm³/mol. The monoisotopic (exact) mass is 1010 g/mol. The van der Waals surface area contributed by atoms with Gasteiger partial charge >= 0.3 is 27.6 Å². The van der Waals surface area contributed by atoms with E-state index in [2.05, 4.69) is 76.0 Å². The van der Waals surface area contributed by atoms with Gasteiger partial charge in [0.25, 0.3) is 0 Å². The molecule has 0 aromatic heterocycles. The smallest absolute Gasteiger partial charge is 0.463 e. The number of aliphatic hydroxyl groups excluding tert-OH is 3. The number of phosphoric ester groups is 2. The summed E-state index contributed by atoms with van der Waals surface area (Å²) in [6.07, 6.45) is 46.4. The first-order valence-electron chi connectivity index (χ1n) is 25.6. The Hall–Kier alpha value is -2.26. The van der Waals surface area contributed by atoms with Gasteiger partial charge in [-0.1, -0.05) is 164 Å². The topological polar surface area (TPSA) is 225 Å². The summed E-state index contributed by atoms with van der Waals surface area (Å²) >= 11 is 0. The van der Waals surface area contributed by atoms with Crippen LogP contribution in [0.15, 0.2) is 60.8 Å². The number of rotatable bonds is 49. The average molecular weight is 1010 g/mol. The summed E-state index contributed by atoms with van der Waals surface area (Å²) in [5.41, 5.74) is 0. The molecule has 0 aromatic rings. The lowest BCUT2D eigenvalue weighted by atomic mass is 10.1. The van der Waals surface area contributed by atoms with Gasteiger partial charge in [-0.15, -0.1) is 0 Å². The van der Waals surface area contributed by atoms with E-state index in [0.717, 1.165) is 44.9 Å². The molecule has 0 saturated heterocycles. The average Bonchev–Trinajstić information content (AvgIpc) is 3.31. The molecule has 0 rings (SSSR count). The Kier molecular flexibility index (Phi) is 45.5. The molecule has 5 atom stereocenters. The Bertz CT molecular complexity index is 1450. The van der Waals surface area contributed by atoms with Gasteiger partial charge in [0, 0.05) is 12.8 Å². The summed E-state index contributed by atoms with van der Waals surface area (Å²) in [5.74, 6) is -1.05. The van der Waals surface area contributed by atoms with Crippen molar-refractivity contribution < 1.29 is 71.4 Å². The van der Waals surface area contributed by atoms with E-state index in [9.17, 15) is 43.8 Å². The van der Waals surface area contributed by atoms with E-state index >= 15 is 0 Å². The van der Waals surface area contributed by atoms with Crippen molar-refractivity contribution in [3.05, 3.63) is 60.8 Å². The van der Waals surface area contributed by atoms with Gasteiger partial charge in [0.05, 0.1) is 26.4 Å². The van der Waals surface area contributed by atoms with Gasteiger partial charge in [-0.3, -0.25) is 27.7 Å². The maximum absolute atomic E-state index is 12.2. The van der Waals surface area contributed by atoms with E-state index in [1.54, 1.807) is 0 Å². The van der Waals surface area contributed by atoms with Crippen molar-refractivity contribution in [1.29, 1.82) is 0 Å². The van der Waals surface area contributed by atoms with Gasteiger partial charge in [-0.05, 0) is 77.0 Å². The molecule has 0 spiro atoms. The number of hydrogen-bond donors (Lipinski definition) is 5. The minimum absolute atomic E-state index is 0.119. The summed E-state index contributed by atoms with van der Waals surface area (Å²) in [6, 6.07) is 0. The molecule has 0 bridgehead atoms. The van der Waals surface area contributed by atoms with Crippen LogP contribution < -0.4 is 0 Å². The first-order chi connectivity index (χ1) is 32.8. The molecule has 15 nitrogen and oxygen atoms in total. The minimum Gasteiger partial charge on any atom is -0.463 e. The van der Waals surface area contributed by atoms with Gasteiger partial charge in [0.2, 0.25) is 0 Å². The molecule has 0 fully saturated rings. The van der Waals surface area contributed by atoms with Gasteiger partial charge in [-0.2, -0.15) is 0 Å². The largest absolute Gasteiger partial charge is 0.472 e. The van der Waals surface area contributed by atoms with E-state index in [1.165, 1.54) is 103 Å². The molecule has 17 heteroatoms. The Morgan fingerprint density at radius 3 is 1.04 bits per heavy atom. The quantitative estimate of drug-likeness (QED) is 0.0165. The maximum atomic E-state index is 12.2. The molecule has 5 N–H and O–H groups in total. The summed E-state index contributed by atoms with van der Waals surface area (Å²) in [5, 5.41) is 30.1. The summed E-state index contributed by atoms with van der Waals surface area (Å²) in [7, 11) is -9.59. The Morgan fingerprint density at radius 2 is 0.647 bits per heavy atom. The van der Waals surface area contributed by atoms with Crippen molar-refractivity contribution >= 4 is 27.6 Å². The Balaban J connectivity index is 3.91. The van der Waals surface area contributed by atoms with E-state index in [1.807, 2.05) is 12.2 Å². The van der Waals surface area contributed by atoms with Gasteiger partial charge in [-0.25, -0.2) is 9.13 Å². The van der Waals surface area contributed by atoms with Crippen LogP contribution in [0.4, 0.5) is 0 Å². The third kappa shape index (κ3) is 48.8. The zero-order valence-corrected chi connectivity index (χ0v) is 43.5. The molecule has 0 saturated carbocycles. The highest BCUT2D eigenvalue weighted by Gasteiger charge is 2.28. The van der Waals surface area contributed by atoms with Crippen molar-refractivity contribution in [2.45, 2.75) is 212 Å². The van der Waals surface area contributed by atoms with E-state index in [-0.39, 0.29) is 12.8 Å². The van der Waals surface area contributed by atoms with Crippen LogP contribution in [0.3, 0.4) is 0 Å². The van der Waals surface area contributed by atoms with Gasteiger partial charge < -0.3 is 34.6 Å². The summed E-state index contributed by atoms with van der Waals surface area (Å²) in [4.78, 5) is 43.8. The Morgan fingerprint density at radius 1 is 0.382 bits per heavy atom. The number of unbranched alkanes of at least 4 members (excludes halogenated alkanes) is 19. The molecule has 68 heavy (non-hydrogen) atoms. The normalized spacial score (nSPS) is 15.5. The van der Waals surface area contributed by atoms with Crippen LogP contribution in [-0.2, 0) is 46.3 Å². The zero-order valence-electron chi connectivity index (χ0n) is 41.8. The fourth-order valence-electron chi connectivity index (χ4n) is 6.43. The fourth-order valence-corrected chi connectivity index (χ4v) is 8.03. The third-order valence-corrected chi connectivity index (χ3v) is 12.3. The van der Waals surface area contributed by atoms with Gasteiger partial charge in [0.1, 0.15) is 31.5 Å². The lowest BCUT2D eigenvalue weighted by molar-refractivity contribution is -0.148. The van der Waals surface area contributed by atoms with Crippen LogP contribution in [0, 0.1) is 0 Å². The summed E-state index contributed by atoms with van der Waals surface area (Å²) < 4.78 is 53.0. The molecule has 5 unspecified atom stereocenters. The predicted octanol–water partition coefficient (Wildman–Crippen LogP) is 12.2. The first kappa shape index (κ1) is 65.7. The fraction of sp³-hybridized carbons (Fsp3) is 0.765. The molecular formula is C51H92O15P2. The minimum atomic E-state index is -4.80. The number of carbonyl (C=O) groups is 2. The van der Waals surface area contributed by atoms with E-state index in [4.69, 9.17) is 14.0 Å². The maximum Gasteiger partial charge on any atom is 0.472 e. The molecule has 0 aliphatic rings.